The van der Waals surface area contributed by atoms with Gasteiger partial charge >= 0.3 is 0 Å². The smallest absolute Gasteiger partial charge is 0.266 e. The summed E-state index contributed by atoms with van der Waals surface area (Å²) >= 11 is 0. The zero-order chi connectivity index (χ0) is 18.1. The van der Waals surface area contributed by atoms with Crippen LogP contribution in [0.5, 0.6) is 0 Å². The number of hydrogen-bond acceptors (Lipinski definition) is 3. The second kappa shape index (κ2) is 6.51. The fourth-order valence-electron chi connectivity index (χ4n) is 2.85. The molecule has 0 aliphatic carbocycles. The number of hydrogen-bond donors (Lipinski definition) is 1. The third kappa shape index (κ3) is 2.82. The van der Waals surface area contributed by atoms with Crippen molar-refractivity contribution in [2.75, 3.05) is 10.2 Å². The van der Waals surface area contributed by atoms with Crippen LogP contribution in [-0.4, -0.2) is 17.7 Å². The molecule has 1 aliphatic rings. The monoisotopic (exact) mass is 336 g/mol. The van der Waals surface area contributed by atoms with Crippen LogP contribution in [0, 0.1) is 12.8 Å². The highest BCUT2D eigenvalue weighted by Gasteiger charge is 2.37. The lowest BCUT2D eigenvalue weighted by Gasteiger charge is -2.20. The van der Waals surface area contributed by atoms with Crippen molar-refractivity contribution in [3.63, 3.8) is 0 Å². The maximum Gasteiger partial charge on any atom is 0.266 e. The van der Waals surface area contributed by atoms with Crippen molar-refractivity contribution < 1.29 is 14.4 Å². The van der Waals surface area contributed by atoms with Crippen molar-refractivity contribution in [3.05, 3.63) is 59.2 Å². The van der Waals surface area contributed by atoms with E-state index in [0.717, 1.165) is 6.42 Å². The number of nitrogens with one attached hydrogen (secondary N) is 1. The zero-order valence-corrected chi connectivity index (χ0v) is 14.5. The number of nitrogens with zero attached hydrogens (tertiary/aromatic N) is 1. The summed E-state index contributed by atoms with van der Waals surface area (Å²) in [5.41, 5.74) is 2.60. The number of amides is 3. The van der Waals surface area contributed by atoms with Crippen LogP contribution >= 0.6 is 0 Å². The molecule has 0 bridgehead atoms. The molecule has 0 saturated carbocycles. The number of imide groups is 1. The molecule has 3 amide bonds. The van der Waals surface area contributed by atoms with Gasteiger partial charge in [0.05, 0.1) is 16.8 Å². The Morgan fingerprint density at radius 1 is 1.04 bits per heavy atom. The van der Waals surface area contributed by atoms with Crippen LogP contribution in [0.15, 0.2) is 42.5 Å². The first-order valence-corrected chi connectivity index (χ1v) is 8.34. The summed E-state index contributed by atoms with van der Waals surface area (Å²) in [7, 11) is 0. The van der Waals surface area contributed by atoms with Crippen LogP contribution in [0.25, 0.3) is 0 Å². The van der Waals surface area contributed by atoms with Gasteiger partial charge in [0, 0.05) is 11.6 Å². The van der Waals surface area contributed by atoms with Gasteiger partial charge in [0.2, 0.25) is 5.91 Å². The Balaban J connectivity index is 1.97. The van der Waals surface area contributed by atoms with Crippen molar-refractivity contribution >= 4 is 29.1 Å². The topological polar surface area (TPSA) is 66.5 Å². The van der Waals surface area contributed by atoms with Gasteiger partial charge in [-0.3, -0.25) is 14.4 Å². The van der Waals surface area contributed by atoms with Gasteiger partial charge in [-0.2, -0.15) is 0 Å². The minimum absolute atomic E-state index is 0.0786. The molecular weight excluding hydrogens is 316 g/mol. The molecule has 1 heterocycles. The maximum atomic E-state index is 12.7. The predicted octanol–water partition coefficient (Wildman–Crippen LogP) is 3.78. The molecule has 0 radical (unpaired) electrons. The third-order valence-corrected chi connectivity index (χ3v) is 4.66. The Morgan fingerprint density at radius 3 is 2.20 bits per heavy atom. The molecule has 0 saturated heterocycles. The lowest BCUT2D eigenvalue weighted by molar-refractivity contribution is -0.119. The second-order valence-corrected chi connectivity index (χ2v) is 6.24. The highest BCUT2D eigenvalue weighted by Crippen LogP contribution is 2.33. The Hall–Kier alpha value is -2.95. The van der Waals surface area contributed by atoms with Crippen LogP contribution in [0.1, 0.15) is 46.5 Å². The van der Waals surface area contributed by atoms with Gasteiger partial charge in [-0.15, -0.1) is 0 Å². The molecule has 5 heteroatoms. The quantitative estimate of drug-likeness (QED) is 0.864. The summed E-state index contributed by atoms with van der Waals surface area (Å²) in [4.78, 5) is 38.7. The third-order valence-electron chi connectivity index (χ3n) is 4.66. The predicted molar refractivity (Wildman–Crippen MR) is 96.8 cm³/mol. The van der Waals surface area contributed by atoms with Crippen LogP contribution in [0.3, 0.4) is 0 Å². The first-order valence-electron chi connectivity index (χ1n) is 8.34. The van der Waals surface area contributed by atoms with Crippen LogP contribution in [0.2, 0.25) is 0 Å². The number of benzene rings is 2. The molecule has 0 fully saturated rings. The van der Waals surface area contributed by atoms with Gasteiger partial charge in [0.15, 0.2) is 0 Å². The first kappa shape index (κ1) is 16.9. The molecule has 1 atom stereocenters. The van der Waals surface area contributed by atoms with E-state index in [2.05, 4.69) is 5.32 Å². The van der Waals surface area contributed by atoms with E-state index in [1.807, 2.05) is 13.8 Å². The van der Waals surface area contributed by atoms with E-state index in [1.54, 1.807) is 49.4 Å². The van der Waals surface area contributed by atoms with E-state index < -0.39 is 0 Å². The van der Waals surface area contributed by atoms with Crippen molar-refractivity contribution in [1.82, 2.24) is 0 Å². The molecule has 0 aromatic heterocycles. The normalized spacial score (nSPS) is 14.4. The van der Waals surface area contributed by atoms with Crippen molar-refractivity contribution in [3.8, 4) is 0 Å². The van der Waals surface area contributed by atoms with E-state index in [9.17, 15) is 14.4 Å². The van der Waals surface area contributed by atoms with Crippen molar-refractivity contribution in [2.24, 2.45) is 5.92 Å². The van der Waals surface area contributed by atoms with E-state index in [0.29, 0.717) is 28.1 Å². The summed E-state index contributed by atoms with van der Waals surface area (Å²) in [6.45, 7) is 5.61. The fraction of sp³-hybridized carbons (Fsp3) is 0.250. The largest absolute Gasteiger partial charge is 0.326 e. The van der Waals surface area contributed by atoms with E-state index in [1.165, 1.54) is 4.90 Å². The Labute approximate surface area is 146 Å². The number of carbonyl (C=O) groups is 3. The van der Waals surface area contributed by atoms with Gasteiger partial charge in [-0.05, 0) is 43.2 Å². The number of carbonyl (C=O) groups excluding carboxylic acids is 3. The highest BCUT2D eigenvalue weighted by molar-refractivity contribution is 6.34. The van der Waals surface area contributed by atoms with Crippen LogP contribution in [-0.2, 0) is 4.79 Å². The lowest BCUT2D eigenvalue weighted by Crippen LogP contribution is -2.30. The number of fused-ring (bicyclic) bond motifs is 1. The number of rotatable bonds is 4. The molecule has 2 aromatic rings. The molecule has 1 aliphatic heterocycles. The SMILES string of the molecule is CCC(C)C(=O)Nc1cccc(N2C(=O)c3ccccc3C2=O)c1C. The molecule has 1 unspecified atom stereocenters. The Morgan fingerprint density at radius 2 is 1.64 bits per heavy atom. The minimum atomic E-state index is -0.339. The molecule has 128 valence electrons. The van der Waals surface area contributed by atoms with Gasteiger partial charge < -0.3 is 5.32 Å². The zero-order valence-electron chi connectivity index (χ0n) is 14.5. The molecule has 3 rings (SSSR count). The van der Waals surface area contributed by atoms with E-state index in [-0.39, 0.29) is 23.6 Å². The van der Waals surface area contributed by atoms with Gasteiger partial charge in [-0.1, -0.05) is 32.0 Å². The van der Waals surface area contributed by atoms with Gasteiger partial charge in [0.25, 0.3) is 11.8 Å². The molecule has 1 N–H and O–H groups in total. The maximum absolute atomic E-state index is 12.7. The minimum Gasteiger partial charge on any atom is -0.326 e. The molecule has 0 spiro atoms. The van der Waals surface area contributed by atoms with Crippen LogP contribution < -0.4 is 10.2 Å². The van der Waals surface area contributed by atoms with Crippen molar-refractivity contribution in [1.29, 1.82) is 0 Å². The summed E-state index contributed by atoms with van der Waals surface area (Å²) < 4.78 is 0. The Kier molecular flexibility index (Phi) is 4.40. The average Bonchev–Trinajstić information content (AvgIpc) is 2.87. The van der Waals surface area contributed by atoms with E-state index >= 15 is 0 Å². The molecule has 5 nitrogen and oxygen atoms in total. The highest BCUT2D eigenvalue weighted by atomic mass is 16.2. The summed E-state index contributed by atoms with van der Waals surface area (Å²) in [6, 6.07) is 12.0. The Bertz CT molecular complexity index is 838. The number of anilines is 2. The summed E-state index contributed by atoms with van der Waals surface area (Å²) in [6.07, 6.45) is 0.739. The van der Waals surface area contributed by atoms with Crippen molar-refractivity contribution in [2.45, 2.75) is 27.2 Å². The first-order chi connectivity index (χ1) is 12.0. The molecular formula is C20H20N2O3. The summed E-state index contributed by atoms with van der Waals surface area (Å²) in [5, 5.41) is 2.89. The lowest BCUT2D eigenvalue weighted by atomic mass is 10.1. The summed E-state index contributed by atoms with van der Waals surface area (Å²) in [5.74, 6) is -0.865. The fourth-order valence-corrected chi connectivity index (χ4v) is 2.85. The van der Waals surface area contributed by atoms with Gasteiger partial charge in [-0.25, -0.2) is 4.90 Å². The molecule has 25 heavy (non-hydrogen) atoms. The standard InChI is InChI=1S/C20H20N2O3/c1-4-12(2)18(23)21-16-10-7-11-17(13(16)3)22-19(24)14-8-5-6-9-15(14)20(22)25/h5-12H,4H2,1-3H3,(H,21,23). The van der Waals surface area contributed by atoms with Crippen LogP contribution in [0.4, 0.5) is 11.4 Å². The second-order valence-electron chi connectivity index (χ2n) is 6.24. The van der Waals surface area contributed by atoms with E-state index in [4.69, 9.17) is 0 Å². The average molecular weight is 336 g/mol. The molecule has 2 aromatic carbocycles. The van der Waals surface area contributed by atoms with Gasteiger partial charge in [0.1, 0.15) is 0 Å².